The average molecular weight is 267 g/mol. The molecule has 7 nitrogen and oxygen atoms in total. The highest BCUT2D eigenvalue weighted by atomic mass is 16.4. The van der Waals surface area contributed by atoms with Crippen LogP contribution in [0, 0.1) is 0 Å². The first-order chi connectivity index (χ1) is 8.88. The van der Waals surface area contributed by atoms with Crippen LogP contribution in [0.5, 0.6) is 0 Å². The molecule has 0 radical (unpaired) electrons. The third-order valence-corrected chi connectivity index (χ3v) is 2.32. The molecular formula is C12H13NO6. The van der Waals surface area contributed by atoms with E-state index in [2.05, 4.69) is 0 Å². The van der Waals surface area contributed by atoms with Gasteiger partial charge in [-0.1, -0.05) is 6.08 Å². The van der Waals surface area contributed by atoms with E-state index in [0.717, 1.165) is 0 Å². The Kier molecular flexibility index (Phi) is 4.87. The summed E-state index contributed by atoms with van der Waals surface area (Å²) in [5.41, 5.74) is 0.745. The fourth-order valence-corrected chi connectivity index (χ4v) is 1.54. The molecule has 1 aliphatic heterocycles. The first kappa shape index (κ1) is 14.5. The van der Waals surface area contributed by atoms with Crippen molar-refractivity contribution in [2.45, 2.75) is 12.8 Å². The molecule has 0 aliphatic carbocycles. The Morgan fingerprint density at radius 3 is 2.11 bits per heavy atom. The predicted octanol–water partition coefficient (Wildman–Crippen LogP) is 0.660. The molecule has 0 spiro atoms. The zero-order valence-corrected chi connectivity index (χ0v) is 9.94. The number of carbonyl (C=O) groups is 3. The number of hydrogen-bond acceptors (Lipinski definition) is 4. The highest BCUT2D eigenvalue weighted by Gasteiger charge is 2.15. The molecule has 7 heteroatoms. The largest absolute Gasteiger partial charge is 0.481 e. The first-order valence-corrected chi connectivity index (χ1v) is 5.38. The van der Waals surface area contributed by atoms with Crippen LogP contribution in [0.2, 0.25) is 0 Å². The molecule has 1 rings (SSSR count). The fourth-order valence-electron chi connectivity index (χ4n) is 1.54. The Morgan fingerprint density at radius 2 is 1.58 bits per heavy atom. The van der Waals surface area contributed by atoms with E-state index in [4.69, 9.17) is 15.3 Å². The topological polar surface area (TPSA) is 115 Å². The summed E-state index contributed by atoms with van der Waals surface area (Å²) in [6.07, 6.45) is 5.19. The second-order valence-corrected chi connectivity index (χ2v) is 3.88. The van der Waals surface area contributed by atoms with E-state index in [1.807, 2.05) is 0 Å². The minimum absolute atomic E-state index is 0.214. The minimum atomic E-state index is -1.11. The van der Waals surface area contributed by atoms with Gasteiger partial charge in [0.1, 0.15) is 6.54 Å². The third-order valence-electron chi connectivity index (χ3n) is 2.32. The number of allylic oxidation sites excluding steroid dienone is 3. The molecule has 1 heterocycles. The summed E-state index contributed by atoms with van der Waals surface area (Å²) in [6, 6.07) is 0. The van der Waals surface area contributed by atoms with Gasteiger partial charge in [0.25, 0.3) is 0 Å². The number of carboxylic acids is 3. The van der Waals surface area contributed by atoms with Crippen LogP contribution in [0.1, 0.15) is 12.8 Å². The number of aliphatic carboxylic acids is 3. The summed E-state index contributed by atoms with van der Waals surface area (Å²) in [4.78, 5) is 33.3. The van der Waals surface area contributed by atoms with Gasteiger partial charge in [0.2, 0.25) is 0 Å². The lowest BCUT2D eigenvalue weighted by atomic mass is 10.1. The normalized spacial score (nSPS) is 14.4. The van der Waals surface area contributed by atoms with E-state index < -0.39 is 17.9 Å². The highest BCUT2D eigenvalue weighted by Crippen LogP contribution is 2.17. The Labute approximate surface area is 108 Å². The van der Waals surface area contributed by atoms with Gasteiger partial charge in [0, 0.05) is 11.9 Å². The molecule has 19 heavy (non-hydrogen) atoms. The van der Waals surface area contributed by atoms with Crippen LogP contribution in [0.25, 0.3) is 0 Å². The summed E-state index contributed by atoms with van der Waals surface area (Å²) >= 11 is 0. The Bertz CT molecular complexity index is 488. The Morgan fingerprint density at radius 1 is 0.947 bits per heavy atom. The number of nitrogens with zero attached hydrogens (tertiary/aromatic N) is 1. The van der Waals surface area contributed by atoms with Crippen molar-refractivity contribution in [3.8, 4) is 0 Å². The zero-order chi connectivity index (χ0) is 14.4. The van der Waals surface area contributed by atoms with Gasteiger partial charge in [-0.2, -0.15) is 0 Å². The lowest BCUT2D eigenvalue weighted by molar-refractivity contribution is -0.139. The van der Waals surface area contributed by atoms with Crippen LogP contribution < -0.4 is 0 Å². The summed E-state index contributed by atoms with van der Waals surface area (Å²) in [6.45, 7) is -0.385. The maximum atomic E-state index is 10.7. The molecule has 0 bridgehead atoms. The van der Waals surface area contributed by atoms with Crippen molar-refractivity contribution >= 4 is 17.9 Å². The SMILES string of the molecule is O=C(O)CC1=CC=C(CC(=O)O)N(CC(=O)O)C=C1. The van der Waals surface area contributed by atoms with Crippen LogP contribution in [0.3, 0.4) is 0 Å². The van der Waals surface area contributed by atoms with Crippen molar-refractivity contribution in [1.29, 1.82) is 0 Å². The van der Waals surface area contributed by atoms with E-state index in [9.17, 15) is 14.4 Å². The van der Waals surface area contributed by atoms with Gasteiger partial charge in [0.05, 0.1) is 12.8 Å². The molecule has 0 aromatic heterocycles. The summed E-state index contributed by atoms with van der Waals surface area (Å²) < 4.78 is 0. The van der Waals surface area contributed by atoms with Crippen molar-refractivity contribution in [3.05, 3.63) is 35.7 Å². The number of hydrogen-bond donors (Lipinski definition) is 3. The van der Waals surface area contributed by atoms with Crippen LogP contribution in [-0.4, -0.2) is 44.7 Å². The van der Waals surface area contributed by atoms with Crippen LogP contribution in [-0.2, 0) is 14.4 Å². The molecule has 0 atom stereocenters. The van der Waals surface area contributed by atoms with E-state index in [-0.39, 0.29) is 25.1 Å². The maximum Gasteiger partial charge on any atom is 0.323 e. The van der Waals surface area contributed by atoms with E-state index in [0.29, 0.717) is 5.57 Å². The molecule has 0 aromatic carbocycles. The quantitative estimate of drug-likeness (QED) is 0.647. The molecule has 0 aromatic rings. The molecule has 0 fully saturated rings. The fraction of sp³-hybridized carbons (Fsp3) is 0.250. The predicted molar refractivity (Wildman–Crippen MR) is 64.2 cm³/mol. The lowest BCUT2D eigenvalue weighted by Crippen LogP contribution is -2.25. The van der Waals surface area contributed by atoms with Gasteiger partial charge in [-0.15, -0.1) is 0 Å². The van der Waals surface area contributed by atoms with Crippen LogP contribution in [0.4, 0.5) is 0 Å². The van der Waals surface area contributed by atoms with E-state index in [1.54, 1.807) is 0 Å². The first-order valence-electron chi connectivity index (χ1n) is 5.38. The van der Waals surface area contributed by atoms with E-state index in [1.165, 1.54) is 29.3 Å². The smallest absolute Gasteiger partial charge is 0.323 e. The van der Waals surface area contributed by atoms with Crippen molar-refractivity contribution in [2.24, 2.45) is 0 Å². The van der Waals surface area contributed by atoms with Gasteiger partial charge in [-0.25, -0.2) is 0 Å². The summed E-state index contributed by atoms with van der Waals surface area (Å²) in [5, 5.41) is 26.2. The molecule has 3 N–H and O–H groups in total. The van der Waals surface area contributed by atoms with Gasteiger partial charge in [0.15, 0.2) is 0 Å². The molecular weight excluding hydrogens is 254 g/mol. The van der Waals surface area contributed by atoms with Gasteiger partial charge in [-0.3, -0.25) is 14.4 Å². The molecule has 0 amide bonds. The van der Waals surface area contributed by atoms with Gasteiger partial charge >= 0.3 is 17.9 Å². The maximum absolute atomic E-state index is 10.7. The standard InChI is InChI=1S/C12H13NO6/c14-10(15)5-8-1-2-9(6-11(16)17)13(4-3-8)7-12(18)19/h1-4H,5-7H2,(H,14,15)(H,16,17)(H,18,19). The highest BCUT2D eigenvalue weighted by molar-refractivity contribution is 5.73. The number of carboxylic acid groups (broad SMARTS) is 3. The molecule has 102 valence electrons. The number of rotatable bonds is 6. The van der Waals surface area contributed by atoms with Crippen molar-refractivity contribution in [1.82, 2.24) is 4.90 Å². The van der Waals surface area contributed by atoms with E-state index >= 15 is 0 Å². The Balaban J connectivity index is 2.96. The van der Waals surface area contributed by atoms with Crippen LogP contribution in [0.15, 0.2) is 35.7 Å². The lowest BCUT2D eigenvalue weighted by Gasteiger charge is -2.19. The second-order valence-electron chi connectivity index (χ2n) is 3.88. The van der Waals surface area contributed by atoms with Gasteiger partial charge in [-0.05, 0) is 17.7 Å². The summed E-state index contributed by atoms with van der Waals surface area (Å²) in [7, 11) is 0. The third kappa shape index (κ3) is 5.07. The average Bonchev–Trinajstić information content (AvgIpc) is 2.42. The Hall–Kier alpha value is -2.57. The molecule has 0 saturated carbocycles. The second kappa shape index (κ2) is 6.39. The monoisotopic (exact) mass is 267 g/mol. The molecule has 0 unspecified atom stereocenters. The molecule has 1 aliphatic rings. The van der Waals surface area contributed by atoms with Gasteiger partial charge < -0.3 is 20.2 Å². The van der Waals surface area contributed by atoms with Crippen molar-refractivity contribution < 1.29 is 29.7 Å². The van der Waals surface area contributed by atoms with Crippen molar-refractivity contribution in [3.63, 3.8) is 0 Å². The molecule has 0 saturated heterocycles. The zero-order valence-electron chi connectivity index (χ0n) is 9.94. The van der Waals surface area contributed by atoms with Crippen molar-refractivity contribution in [2.75, 3.05) is 6.54 Å². The van der Waals surface area contributed by atoms with Crippen LogP contribution >= 0.6 is 0 Å². The summed E-state index contributed by atoms with van der Waals surface area (Å²) in [5.74, 6) is -3.22. The minimum Gasteiger partial charge on any atom is -0.481 e.